The Morgan fingerprint density at radius 2 is 2.04 bits per heavy atom. The van der Waals surface area contributed by atoms with Gasteiger partial charge >= 0.3 is 0 Å². The molecule has 0 spiro atoms. The Hall–Kier alpha value is -1.46. The van der Waals surface area contributed by atoms with Crippen LogP contribution in [0.15, 0.2) is 24.4 Å². The predicted molar refractivity (Wildman–Crippen MR) is 97.9 cm³/mol. The highest BCUT2D eigenvalue weighted by atomic mass is 16.2. The molecule has 1 aromatic heterocycles. The van der Waals surface area contributed by atoms with Gasteiger partial charge in [-0.05, 0) is 62.7 Å². The fourth-order valence-corrected chi connectivity index (χ4v) is 4.87. The smallest absolute Gasteiger partial charge is 0.222 e. The van der Waals surface area contributed by atoms with E-state index in [0.29, 0.717) is 23.8 Å². The number of fused-ring (bicyclic) bond motifs is 1. The molecule has 136 valence electrons. The molecule has 1 N–H and O–H groups in total. The number of nitrogens with one attached hydrogen (secondary N) is 1. The van der Waals surface area contributed by atoms with Gasteiger partial charge in [-0.25, -0.2) is 0 Å². The maximum absolute atomic E-state index is 12.6. The Kier molecular flexibility index (Phi) is 5.32. The van der Waals surface area contributed by atoms with E-state index in [9.17, 15) is 4.79 Å². The lowest BCUT2D eigenvalue weighted by molar-refractivity contribution is -0.142. The summed E-state index contributed by atoms with van der Waals surface area (Å²) in [6.45, 7) is 6.33. The highest BCUT2D eigenvalue weighted by Crippen LogP contribution is 2.33. The molecule has 5 nitrogen and oxygen atoms in total. The molecule has 1 amide bonds. The average molecular weight is 342 g/mol. The lowest BCUT2D eigenvalue weighted by Crippen LogP contribution is -2.57. The third-order valence-corrected chi connectivity index (χ3v) is 6.25. The molecule has 0 aromatic carbocycles. The van der Waals surface area contributed by atoms with E-state index < -0.39 is 0 Å². The lowest BCUT2D eigenvalue weighted by atomic mass is 9.82. The number of nitrogens with zero attached hydrogens (tertiary/aromatic N) is 3. The molecule has 3 aliphatic heterocycles. The number of amides is 1. The third-order valence-electron chi connectivity index (χ3n) is 6.25. The normalized spacial score (nSPS) is 28.8. The summed E-state index contributed by atoms with van der Waals surface area (Å²) >= 11 is 0. The first-order valence-corrected chi connectivity index (χ1v) is 9.92. The molecular weight excluding hydrogens is 312 g/mol. The van der Waals surface area contributed by atoms with Crippen molar-refractivity contribution in [1.29, 1.82) is 0 Å². The molecule has 3 saturated heterocycles. The molecule has 5 heteroatoms. The summed E-state index contributed by atoms with van der Waals surface area (Å²) in [5.74, 6) is 1.73. The molecular formula is C20H30N4O. The molecule has 25 heavy (non-hydrogen) atoms. The minimum atomic E-state index is 0.401. The van der Waals surface area contributed by atoms with Gasteiger partial charge in [0.15, 0.2) is 0 Å². The largest absolute Gasteiger partial charge is 0.339 e. The molecule has 0 bridgehead atoms. The van der Waals surface area contributed by atoms with Crippen LogP contribution in [-0.2, 0) is 11.3 Å². The van der Waals surface area contributed by atoms with E-state index in [1.165, 1.54) is 12.8 Å². The first kappa shape index (κ1) is 17.0. The van der Waals surface area contributed by atoms with Crippen molar-refractivity contribution in [2.24, 2.45) is 11.8 Å². The molecule has 4 heterocycles. The number of carbonyl (C=O) groups excluding carboxylic acids is 1. The molecule has 3 fully saturated rings. The van der Waals surface area contributed by atoms with Gasteiger partial charge in [0.2, 0.25) is 5.91 Å². The molecule has 0 saturated carbocycles. The maximum atomic E-state index is 12.6. The zero-order valence-corrected chi connectivity index (χ0v) is 15.1. The minimum Gasteiger partial charge on any atom is -0.339 e. The van der Waals surface area contributed by atoms with Crippen LogP contribution in [0.5, 0.6) is 0 Å². The number of hydrogen-bond donors (Lipinski definition) is 1. The van der Waals surface area contributed by atoms with Crippen LogP contribution in [0.1, 0.15) is 37.8 Å². The van der Waals surface area contributed by atoms with Crippen molar-refractivity contribution in [3.63, 3.8) is 0 Å². The van der Waals surface area contributed by atoms with Crippen molar-refractivity contribution in [3.8, 4) is 0 Å². The van der Waals surface area contributed by atoms with E-state index in [1.54, 1.807) is 0 Å². The Bertz CT molecular complexity index is 572. The van der Waals surface area contributed by atoms with Crippen LogP contribution in [0.25, 0.3) is 0 Å². The molecule has 0 aliphatic carbocycles. The van der Waals surface area contributed by atoms with Gasteiger partial charge in [-0.15, -0.1) is 0 Å². The Balaban J connectivity index is 1.37. The van der Waals surface area contributed by atoms with Gasteiger partial charge in [-0.1, -0.05) is 6.07 Å². The molecule has 3 aliphatic rings. The molecule has 0 unspecified atom stereocenters. The second-order valence-corrected chi connectivity index (χ2v) is 7.95. The number of pyridine rings is 1. The Labute approximate surface area is 150 Å². The van der Waals surface area contributed by atoms with E-state index in [1.807, 2.05) is 12.3 Å². The fraction of sp³-hybridized carbons (Fsp3) is 0.700. The second-order valence-electron chi connectivity index (χ2n) is 7.95. The number of rotatable bonds is 4. The van der Waals surface area contributed by atoms with Crippen molar-refractivity contribution in [1.82, 2.24) is 20.1 Å². The Morgan fingerprint density at radius 1 is 1.16 bits per heavy atom. The van der Waals surface area contributed by atoms with E-state index in [2.05, 4.69) is 32.2 Å². The standard InChI is InChI=1S/C20H30N4O/c25-20-5-4-17-14-23(15-18-3-1-2-9-22-18)12-8-19(17)24(20)13-16-6-10-21-11-7-16/h1-3,9,16-17,19,21H,4-8,10-15H2/t17-,19+/m0/s1. The van der Waals surface area contributed by atoms with Crippen molar-refractivity contribution in [2.75, 3.05) is 32.7 Å². The summed E-state index contributed by atoms with van der Waals surface area (Å²) in [5, 5.41) is 3.43. The van der Waals surface area contributed by atoms with Crippen molar-refractivity contribution in [3.05, 3.63) is 30.1 Å². The van der Waals surface area contributed by atoms with Crippen LogP contribution in [0.3, 0.4) is 0 Å². The maximum Gasteiger partial charge on any atom is 0.222 e. The lowest BCUT2D eigenvalue weighted by Gasteiger charge is -2.48. The van der Waals surface area contributed by atoms with Crippen molar-refractivity contribution < 1.29 is 4.79 Å². The topological polar surface area (TPSA) is 48.5 Å². The molecule has 2 atom stereocenters. The van der Waals surface area contributed by atoms with Gasteiger partial charge < -0.3 is 10.2 Å². The van der Waals surface area contributed by atoms with Crippen LogP contribution in [0.2, 0.25) is 0 Å². The van der Waals surface area contributed by atoms with Gasteiger partial charge in [0.05, 0.1) is 5.69 Å². The van der Waals surface area contributed by atoms with Crippen molar-refractivity contribution >= 4 is 5.91 Å². The van der Waals surface area contributed by atoms with E-state index in [0.717, 1.165) is 64.2 Å². The van der Waals surface area contributed by atoms with Gasteiger partial charge in [0, 0.05) is 44.8 Å². The summed E-state index contributed by atoms with van der Waals surface area (Å²) in [5.41, 5.74) is 1.15. The third kappa shape index (κ3) is 4.04. The number of aromatic nitrogens is 1. The van der Waals surface area contributed by atoms with Crippen molar-refractivity contribution in [2.45, 2.75) is 44.7 Å². The zero-order chi connectivity index (χ0) is 17.1. The number of likely N-dealkylation sites (tertiary alicyclic amines) is 2. The minimum absolute atomic E-state index is 0.401. The number of carbonyl (C=O) groups is 1. The van der Waals surface area contributed by atoms with Crippen LogP contribution in [0.4, 0.5) is 0 Å². The highest BCUT2D eigenvalue weighted by molar-refractivity contribution is 5.77. The molecule has 0 radical (unpaired) electrons. The Morgan fingerprint density at radius 3 is 2.84 bits per heavy atom. The summed E-state index contributed by atoms with van der Waals surface area (Å²) in [4.78, 5) is 21.8. The van der Waals surface area contributed by atoms with Crippen LogP contribution in [-0.4, -0.2) is 59.5 Å². The average Bonchev–Trinajstić information content (AvgIpc) is 2.66. The number of piperidine rings is 3. The predicted octanol–water partition coefficient (Wildman–Crippen LogP) is 1.89. The summed E-state index contributed by atoms with van der Waals surface area (Å²) in [7, 11) is 0. The highest BCUT2D eigenvalue weighted by Gasteiger charge is 2.39. The SMILES string of the molecule is O=C1CC[C@H]2CN(Cc3ccccn3)CC[C@H]2N1CC1CCNCC1. The summed E-state index contributed by atoms with van der Waals surface area (Å²) < 4.78 is 0. The first-order chi connectivity index (χ1) is 12.3. The van der Waals surface area contributed by atoms with E-state index in [4.69, 9.17) is 0 Å². The summed E-state index contributed by atoms with van der Waals surface area (Å²) in [6, 6.07) is 6.62. The van der Waals surface area contributed by atoms with Gasteiger partial charge in [0.1, 0.15) is 0 Å². The van der Waals surface area contributed by atoms with Gasteiger partial charge in [0.25, 0.3) is 0 Å². The van der Waals surface area contributed by atoms with Gasteiger partial charge in [-0.2, -0.15) is 0 Å². The molecule has 4 rings (SSSR count). The first-order valence-electron chi connectivity index (χ1n) is 9.92. The fourth-order valence-electron chi connectivity index (χ4n) is 4.87. The van der Waals surface area contributed by atoms with Gasteiger partial charge in [-0.3, -0.25) is 14.7 Å². The second kappa shape index (κ2) is 7.83. The number of hydrogen-bond acceptors (Lipinski definition) is 4. The monoisotopic (exact) mass is 342 g/mol. The summed E-state index contributed by atoms with van der Waals surface area (Å²) in [6.07, 6.45) is 7.23. The van der Waals surface area contributed by atoms with E-state index in [-0.39, 0.29) is 0 Å². The van der Waals surface area contributed by atoms with Crippen LogP contribution < -0.4 is 5.32 Å². The molecule has 1 aromatic rings. The van der Waals surface area contributed by atoms with Crippen LogP contribution in [0, 0.1) is 11.8 Å². The zero-order valence-electron chi connectivity index (χ0n) is 15.1. The quantitative estimate of drug-likeness (QED) is 0.908. The van der Waals surface area contributed by atoms with E-state index >= 15 is 0 Å². The van der Waals surface area contributed by atoms with Crippen LogP contribution >= 0.6 is 0 Å².